The van der Waals surface area contributed by atoms with Crippen molar-refractivity contribution in [2.75, 3.05) is 6.54 Å². The minimum absolute atomic E-state index is 0.0368. The number of sulfonamides is 1. The summed E-state index contributed by atoms with van der Waals surface area (Å²) in [6, 6.07) is 14.6. The second-order valence-corrected chi connectivity index (χ2v) is 7.63. The van der Waals surface area contributed by atoms with Gasteiger partial charge < -0.3 is 5.32 Å². The summed E-state index contributed by atoms with van der Waals surface area (Å²) in [5.41, 5.74) is 3.49. The molecule has 0 saturated carbocycles. The molecule has 2 rings (SSSR count). The van der Waals surface area contributed by atoms with E-state index < -0.39 is 10.0 Å². The van der Waals surface area contributed by atoms with Gasteiger partial charge in [-0.05, 0) is 55.0 Å². The van der Waals surface area contributed by atoms with Crippen LogP contribution in [0, 0.1) is 6.92 Å². The Labute approximate surface area is 149 Å². The molecular weight excluding hydrogens is 336 g/mol. The van der Waals surface area contributed by atoms with Crippen molar-refractivity contribution in [3.63, 3.8) is 0 Å². The van der Waals surface area contributed by atoms with Crippen LogP contribution in [0.5, 0.6) is 0 Å². The highest BCUT2D eigenvalue weighted by molar-refractivity contribution is 7.89. The van der Waals surface area contributed by atoms with E-state index in [0.717, 1.165) is 18.4 Å². The second kappa shape index (κ2) is 8.78. The van der Waals surface area contributed by atoms with E-state index in [9.17, 15) is 13.2 Å². The molecule has 0 aliphatic heterocycles. The summed E-state index contributed by atoms with van der Waals surface area (Å²) in [4.78, 5) is 12.0. The molecule has 0 radical (unpaired) electrons. The Bertz CT molecular complexity index is 815. The number of hydrogen-bond donors (Lipinski definition) is 2. The maximum atomic E-state index is 11.9. The molecular formula is C19H24N2O3S. The van der Waals surface area contributed by atoms with Gasteiger partial charge in [-0.2, -0.15) is 0 Å². The minimum Gasteiger partial charge on any atom is -0.356 e. The Morgan fingerprint density at radius 2 is 1.72 bits per heavy atom. The molecule has 0 heterocycles. The van der Waals surface area contributed by atoms with E-state index >= 15 is 0 Å². The number of benzene rings is 2. The maximum absolute atomic E-state index is 11.9. The summed E-state index contributed by atoms with van der Waals surface area (Å²) in [6.45, 7) is 2.61. The van der Waals surface area contributed by atoms with Crippen LogP contribution in [-0.4, -0.2) is 20.9 Å². The molecule has 0 bridgehead atoms. The summed E-state index contributed by atoms with van der Waals surface area (Å²) in [5.74, 6) is 0.0368. The van der Waals surface area contributed by atoms with Gasteiger partial charge in [0.25, 0.3) is 0 Å². The normalized spacial score (nSPS) is 11.3. The van der Waals surface area contributed by atoms with Crippen LogP contribution >= 0.6 is 0 Å². The molecule has 0 fully saturated rings. The van der Waals surface area contributed by atoms with Crippen molar-refractivity contribution >= 4 is 15.9 Å². The van der Waals surface area contributed by atoms with Crippen molar-refractivity contribution in [3.8, 4) is 0 Å². The number of carbonyl (C=O) groups is 1. The predicted molar refractivity (Wildman–Crippen MR) is 98.6 cm³/mol. The Morgan fingerprint density at radius 3 is 2.36 bits per heavy atom. The van der Waals surface area contributed by atoms with Gasteiger partial charge in [0.15, 0.2) is 0 Å². The molecule has 134 valence electrons. The molecule has 6 heteroatoms. The smallest absolute Gasteiger partial charge is 0.238 e. The third-order valence-electron chi connectivity index (χ3n) is 4.10. The van der Waals surface area contributed by atoms with Gasteiger partial charge in [-0.1, -0.05) is 36.4 Å². The summed E-state index contributed by atoms with van der Waals surface area (Å²) in [5, 5.41) is 7.95. The lowest BCUT2D eigenvalue weighted by atomic mass is 10.0. The van der Waals surface area contributed by atoms with E-state index in [4.69, 9.17) is 5.14 Å². The van der Waals surface area contributed by atoms with Gasteiger partial charge in [0.1, 0.15) is 0 Å². The number of hydrogen-bond acceptors (Lipinski definition) is 3. The molecule has 5 nitrogen and oxygen atoms in total. The van der Waals surface area contributed by atoms with E-state index in [-0.39, 0.29) is 10.8 Å². The quantitative estimate of drug-likeness (QED) is 0.757. The summed E-state index contributed by atoms with van der Waals surface area (Å²) in [7, 11) is -3.66. The van der Waals surface area contributed by atoms with Gasteiger partial charge in [0.05, 0.1) is 4.90 Å². The molecule has 0 atom stereocenters. The predicted octanol–water partition coefficient (Wildman–Crippen LogP) is 2.32. The largest absolute Gasteiger partial charge is 0.356 e. The van der Waals surface area contributed by atoms with E-state index in [1.54, 1.807) is 12.1 Å². The molecule has 2 aromatic carbocycles. The van der Waals surface area contributed by atoms with E-state index in [2.05, 4.69) is 24.4 Å². The van der Waals surface area contributed by atoms with Crippen LogP contribution in [0.25, 0.3) is 0 Å². The lowest BCUT2D eigenvalue weighted by Crippen LogP contribution is -2.25. The van der Waals surface area contributed by atoms with Crippen LogP contribution in [0.15, 0.2) is 53.4 Å². The van der Waals surface area contributed by atoms with Crippen molar-refractivity contribution in [3.05, 3.63) is 65.2 Å². The number of nitrogens with one attached hydrogen (secondary N) is 1. The van der Waals surface area contributed by atoms with E-state index in [0.29, 0.717) is 19.4 Å². The molecule has 3 N–H and O–H groups in total. The first-order valence-electron chi connectivity index (χ1n) is 8.29. The fraction of sp³-hybridized carbons (Fsp3) is 0.316. The number of aryl methyl sites for hydroxylation is 2. The molecule has 0 aromatic heterocycles. The van der Waals surface area contributed by atoms with Crippen molar-refractivity contribution in [1.82, 2.24) is 5.32 Å². The molecule has 0 spiro atoms. The number of primary sulfonamides is 1. The van der Waals surface area contributed by atoms with Crippen molar-refractivity contribution in [2.24, 2.45) is 5.14 Å². The van der Waals surface area contributed by atoms with Gasteiger partial charge in [0.2, 0.25) is 15.9 Å². The van der Waals surface area contributed by atoms with Gasteiger partial charge >= 0.3 is 0 Å². The topological polar surface area (TPSA) is 89.3 Å². The van der Waals surface area contributed by atoms with Gasteiger partial charge in [-0.3, -0.25) is 4.79 Å². The third kappa shape index (κ3) is 6.32. The molecule has 0 aliphatic rings. The second-order valence-electron chi connectivity index (χ2n) is 6.07. The van der Waals surface area contributed by atoms with Gasteiger partial charge in [-0.25, -0.2) is 13.6 Å². The lowest BCUT2D eigenvalue weighted by molar-refractivity contribution is -0.121. The van der Waals surface area contributed by atoms with E-state index in [1.807, 2.05) is 12.1 Å². The molecule has 0 saturated heterocycles. The minimum atomic E-state index is -3.66. The van der Waals surface area contributed by atoms with Crippen molar-refractivity contribution < 1.29 is 13.2 Å². The Kier molecular flexibility index (Phi) is 6.73. The number of nitrogens with two attached hydrogens (primary N) is 1. The number of amides is 1. The Balaban J connectivity index is 1.69. The first-order valence-corrected chi connectivity index (χ1v) is 9.84. The zero-order valence-electron chi connectivity index (χ0n) is 14.4. The Morgan fingerprint density at radius 1 is 1.04 bits per heavy atom. The molecule has 1 amide bonds. The van der Waals surface area contributed by atoms with Gasteiger partial charge in [-0.15, -0.1) is 0 Å². The number of rotatable bonds is 8. The van der Waals surface area contributed by atoms with Crippen molar-refractivity contribution in [1.29, 1.82) is 0 Å². The van der Waals surface area contributed by atoms with Crippen LogP contribution in [0.4, 0.5) is 0 Å². The monoisotopic (exact) mass is 360 g/mol. The Hall–Kier alpha value is -2.18. The first-order chi connectivity index (χ1) is 11.9. The third-order valence-corrected chi connectivity index (χ3v) is 5.03. The summed E-state index contributed by atoms with van der Waals surface area (Å²) >= 11 is 0. The zero-order valence-corrected chi connectivity index (χ0v) is 15.2. The maximum Gasteiger partial charge on any atom is 0.238 e. The highest BCUT2D eigenvalue weighted by atomic mass is 32.2. The molecule has 0 unspecified atom stereocenters. The molecule has 0 aliphatic carbocycles. The van der Waals surface area contributed by atoms with Crippen LogP contribution in [0.1, 0.15) is 29.5 Å². The standard InChI is InChI=1S/C19H24N2O3S/c1-15-5-2-3-6-17(15)7-4-8-19(22)21-14-13-16-9-11-18(12-10-16)25(20,23)24/h2-3,5-6,9-12H,4,7-8,13-14H2,1H3,(H,21,22)(H2,20,23,24). The van der Waals surface area contributed by atoms with Crippen LogP contribution < -0.4 is 10.5 Å². The summed E-state index contributed by atoms with van der Waals surface area (Å²) in [6.07, 6.45) is 2.86. The van der Waals surface area contributed by atoms with Crippen molar-refractivity contribution in [2.45, 2.75) is 37.5 Å². The van der Waals surface area contributed by atoms with Crippen LogP contribution in [0.3, 0.4) is 0 Å². The highest BCUT2D eigenvalue weighted by Gasteiger charge is 2.07. The highest BCUT2D eigenvalue weighted by Crippen LogP contribution is 2.11. The average Bonchev–Trinajstić information content (AvgIpc) is 2.56. The molecule has 25 heavy (non-hydrogen) atoms. The van der Waals surface area contributed by atoms with E-state index in [1.165, 1.54) is 23.3 Å². The molecule has 2 aromatic rings. The fourth-order valence-electron chi connectivity index (χ4n) is 2.61. The lowest BCUT2D eigenvalue weighted by Gasteiger charge is -2.07. The fourth-order valence-corrected chi connectivity index (χ4v) is 3.13. The number of carbonyl (C=O) groups excluding carboxylic acids is 1. The zero-order chi connectivity index (χ0) is 18.3. The van der Waals surface area contributed by atoms with Gasteiger partial charge in [0, 0.05) is 13.0 Å². The van der Waals surface area contributed by atoms with Crippen LogP contribution in [-0.2, 0) is 27.7 Å². The van der Waals surface area contributed by atoms with Crippen LogP contribution in [0.2, 0.25) is 0 Å². The summed E-state index contributed by atoms with van der Waals surface area (Å²) < 4.78 is 22.4. The average molecular weight is 360 g/mol. The first kappa shape index (κ1) is 19.1. The SMILES string of the molecule is Cc1ccccc1CCCC(=O)NCCc1ccc(S(N)(=O)=O)cc1.